The molecule has 17 heavy (non-hydrogen) atoms. The number of hydrogen-bond donors (Lipinski definition) is 1. The molecule has 1 rings (SSSR count). The van der Waals surface area contributed by atoms with Gasteiger partial charge >= 0.3 is 0 Å². The number of sulfonamides is 1. The molecule has 0 unspecified atom stereocenters. The molecule has 0 aromatic carbocycles. The molecule has 0 bridgehead atoms. The van der Waals surface area contributed by atoms with Crippen LogP contribution in [0.4, 0.5) is 0 Å². The monoisotopic (exact) mass is 276 g/mol. The van der Waals surface area contributed by atoms with Crippen molar-refractivity contribution in [2.24, 2.45) is 5.73 Å². The van der Waals surface area contributed by atoms with Gasteiger partial charge in [0.15, 0.2) is 5.03 Å². The number of hydrogen-bond acceptors (Lipinski definition) is 4. The van der Waals surface area contributed by atoms with Crippen molar-refractivity contribution in [1.82, 2.24) is 13.9 Å². The molecule has 0 fully saturated rings. The molecule has 0 aliphatic heterocycles. The zero-order valence-electron chi connectivity index (χ0n) is 9.83. The first kappa shape index (κ1) is 14.1. The van der Waals surface area contributed by atoms with Crippen LogP contribution in [0.15, 0.2) is 17.6 Å². The highest BCUT2D eigenvalue weighted by atomic mass is 32.2. The van der Waals surface area contributed by atoms with Crippen LogP contribution < -0.4 is 5.73 Å². The smallest absolute Gasteiger partial charge is 0.262 e. The quantitative estimate of drug-likeness (QED) is 0.751. The first-order chi connectivity index (χ1) is 7.91. The van der Waals surface area contributed by atoms with Gasteiger partial charge in [0.05, 0.1) is 17.9 Å². The molecule has 1 aromatic rings. The average molecular weight is 276 g/mol. The molecule has 0 atom stereocenters. The number of nitrogens with two attached hydrogens (primary N) is 1. The maximum absolute atomic E-state index is 12.2. The first-order valence-corrected chi connectivity index (χ1v) is 7.06. The molecule has 0 spiro atoms. The number of imidazole rings is 1. The molecule has 1 heterocycles. The molecular formula is C9H16N4O2S2. The van der Waals surface area contributed by atoms with E-state index in [4.69, 9.17) is 18.0 Å². The summed E-state index contributed by atoms with van der Waals surface area (Å²) < 4.78 is 27.2. The number of likely N-dealkylation sites (N-methyl/N-ethyl adjacent to an activating group) is 1. The average Bonchev–Trinajstić information content (AvgIpc) is 2.74. The van der Waals surface area contributed by atoms with Crippen molar-refractivity contribution in [3.05, 3.63) is 12.5 Å². The van der Waals surface area contributed by atoms with Crippen molar-refractivity contribution < 1.29 is 8.42 Å². The summed E-state index contributed by atoms with van der Waals surface area (Å²) in [6, 6.07) is 0. The molecule has 96 valence electrons. The van der Waals surface area contributed by atoms with Gasteiger partial charge in [0.1, 0.15) is 0 Å². The minimum atomic E-state index is -3.60. The van der Waals surface area contributed by atoms with Crippen molar-refractivity contribution in [2.75, 3.05) is 13.1 Å². The van der Waals surface area contributed by atoms with Gasteiger partial charge in [-0.25, -0.2) is 13.4 Å². The molecule has 1 aromatic heterocycles. The normalized spacial score (nSPS) is 11.9. The highest BCUT2D eigenvalue weighted by molar-refractivity contribution is 7.89. The molecule has 0 radical (unpaired) electrons. The number of rotatable bonds is 6. The molecule has 0 saturated heterocycles. The topological polar surface area (TPSA) is 81.2 Å². The third kappa shape index (κ3) is 3.24. The maximum Gasteiger partial charge on any atom is 0.262 e. The van der Waals surface area contributed by atoms with E-state index in [9.17, 15) is 8.42 Å². The van der Waals surface area contributed by atoms with Crippen LogP contribution in [0.2, 0.25) is 0 Å². The Morgan fingerprint density at radius 3 is 2.65 bits per heavy atom. The Bertz CT molecular complexity index is 495. The summed E-state index contributed by atoms with van der Waals surface area (Å²) >= 11 is 4.73. The summed E-state index contributed by atoms with van der Waals surface area (Å²) in [5.41, 5.74) is 5.37. The highest BCUT2D eigenvalue weighted by Crippen LogP contribution is 2.12. The van der Waals surface area contributed by atoms with E-state index in [1.165, 1.54) is 16.8 Å². The Morgan fingerprint density at radius 2 is 2.24 bits per heavy atom. The predicted octanol–water partition coefficient (Wildman–Crippen LogP) is 0.200. The molecule has 6 nitrogen and oxygen atoms in total. The van der Waals surface area contributed by atoms with Gasteiger partial charge in [-0.05, 0) is 6.92 Å². The first-order valence-electron chi connectivity index (χ1n) is 5.22. The summed E-state index contributed by atoms with van der Waals surface area (Å²) in [7, 11) is -3.60. The van der Waals surface area contributed by atoms with Gasteiger partial charge in [0.25, 0.3) is 10.0 Å². The lowest BCUT2D eigenvalue weighted by molar-refractivity contribution is 0.465. The van der Waals surface area contributed by atoms with Crippen LogP contribution in [-0.2, 0) is 16.6 Å². The standard InChI is InChI=1S/C9H16N4O2S2/c1-3-12-6-9(11-7-12)17(14,15)13(4-2)5-8(10)16/h6-7H,3-5H2,1-2H3,(H2,10,16). The van der Waals surface area contributed by atoms with Crippen molar-refractivity contribution in [2.45, 2.75) is 25.4 Å². The molecule has 0 amide bonds. The fourth-order valence-corrected chi connectivity index (χ4v) is 2.92. The summed E-state index contributed by atoms with van der Waals surface area (Å²) in [6.45, 7) is 4.65. The Morgan fingerprint density at radius 1 is 1.59 bits per heavy atom. The number of nitrogens with zero attached hydrogens (tertiary/aromatic N) is 3. The fourth-order valence-electron chi connectivity index (χ4n) is 1.32. The van der Waals surface area contributed by atoms with Crippen LogP contribution >= 0.6 is 12.2 Å². The largest absolute Gasteiger partial charge is 0.392 e. The minimum absolute atomic E-state index is 0.0254. The van der Waals surface area contributed by atoms with E-state index in [1.54, 1.807) is 11.5 Å². The van der Waals surface area contributed by atoms with E-state index < -0.39 is 10.0 Å². The molecule has 0 aliphatic rings. The van der Waals surface area contributed by atoms with Crippen molar-refractivity contribution in [3.63, 3.8) is 0 Å². The van der Waals surface area contributed by atoms with E-state index >= 15 is 0 Å². The molecular weight excluding hydrogens is 260 g/mol. The van der Waals surface area contributed by atoms with Crippen LogP contribution in [0.5, 0.6) is 0 Å². The third-order valence-electron chi connectivity index (χ3n) is 2.26. The minimum Gasteiger partial charge on any atom is -0.392 e. The van der Waals surface area contributed by atoms with Crippen molar-refractivity contribution >= 4 is 27.2 Å². The number of aryl methyl sites for hydroxylation is 1. The van der Waals surface area contributed by atoms with Crippen LogP contribution in [0.25, 0.3) is 0 Å². The lowest BCUT2D eigenvalue weighted by Gasteiger charge is -2.17. The molecule has 2 N–H and O–H groups in total. The fraction of sp³-hybridized carbons (Fsp3) is 0.556. The Balaban J connectivity index is 3.03. The third-order valence-corrected chi connectivity index (χ3v) is 4.20. The zero-order valence-corrected chi connectivity index (χ0v) is 11.5. The van der Waals surface area contributed by atoms with E-state index in [0.717, 1.165) is 0 Å². The number of aromatic nitrogens is 2. The van der Waals surface area contributed by atoms with Gasteiger partial charge in [-0.2, -0.15) is 4.31 Å². The van der Waals surface area contributed by atoms with Gasteiger partial charge in [-0.3, -0.25) is 0 Å². The Labute approximate surface area is 106 Å². The second-order valence-corrected chi connectivity index (χ2v) is 5.85. The van der Waals surface area contributed by atoms with Crippen molar-refractivity contribution in [3.8, 4) is 0 Å². The van der Waals surface area contributed by atoms with Crippen LogP contribution in [-0.4, -0.2) is 40.4 Å². The second-order valence-electron chi connectivity index (χ2n) is 3.44. The van der Waals surface area contributed by atoms with E-state index in [2.05, 4.69) is 4.98 Å². The Hall–Kier alpha value is -0.990. The van der Waals surface area contributed by atoms with E-state index in [-0.39, 0.29) is 16.6 Å². The number of thiocarbonyl (C=S) groups is 1. The van der Waals surface area contributed by atoms with Crippen LogP contribution in [0.3, 0.4) is 0 Å². The summed E-state index contributed by atoms with van der Waals surface area (Å²) in [5.74, 6) is 0. The van der Waals surface area contributed by atoms with E-state index in [0.29, 0.717) is 13.1 Å². The molecule has 0 saturated carbocycles. The van der Waals surface area contributed by atoms with Gasteiger partial charge in [-0.1, -0.05) is 19.1 Å². The summed E-state index contributed by atoms with van der Waals surface area (Å²) in [4.78, 5) is 4.03. The van der Waals surface area contributed by atoms with Crippen LogP contribution in [0.1, 0.15) is 13.8 Å². The maximum atomic E-state index is 12.2. The lowest BCUT2D eigenvalue weighted by Crippen LogP contribution is -2.37. The predicted molar refractivity (Wildman–Crippen MR) is 69.1 cm³/mol. The molecule has 0 aliphatic carbocycles. The zero-order chi connectivity index (χ0) is 13.1. The van der Waals surface area contributed by atoms with Gasteiger partial charge in [0.2, 0.25) is 0 Å². The summed E-state index contributed by atoms with van der Waals surface area (Å²) in [6.07, 6.45) is 2.99. The van der Waals surface area contributed by atoms with E-state index in [1.807, 2.05) is 6.92 Å². The molecule has 8 heteroatoms. The van der Waals surface area contributed by atoms with Gasteiger partial charge < -0.3 is 10.3 Å². The van der Waals surface area contributed by atoms with Gasteiger partial charge in [0, 0.05) is 19.3 Å². The van der Waals surface area contributed by atoms with Crippen molar-refractivity contribution in [1.29, 1.82) is 0 Å². The SMILES string of the molecule is CCN(CC(N)=S)S(=O)(=O)c1cn(CC)cn1. The lowest BCUT2D eigenvalue weighted by atomic mass is 10.6. The Kier molecular flexibility index (Phi) is 4.61. The highest BCUT2D eigenvalue weighted by Gasteiger charge is 2.25. The van der Waals surface area contributed by atoms with Gasteiger partial charge in [-0.15, -0.1) is 0 Å². The summed E-state index contributed by atoms with van der Waals surface area (Å²) in [5, 5.41) is 0.0254. The van der Waals surface area contributed by atoms with Crippen LogP contribution in [0, 0.1) is 0 Å². The second kappa shape index (κ2) is 5.56.